The maximum Gasteiger partial charge on any atom is 0.407 e. The van der Waals surface area contributed by atoms with Gasteiger partial charge in [-0.05, 0) is 53.6 Å². The molecule has 1 N–H and O–H groups in total. The number of benzene rings is 3. The number of hydrogen-bond acceptors (Lipinski definition) is 4. The third-order valence-electron chi connectivity index (χ3n) is 7.16. The minimum atomic E-state index is -0.404. The van der Waals surface area contributed by atoms with Gasteiger partial charge in [-0.3, -0.25) is 0 Å². The van der Waals surface area contributed by atoms with Crippen LogP contribution in [0.25, 0.3) is 0 Å². The monoisotopic (exact) mass is 464 g/mol. The van der Waals surface area contributed by atoms with Crippen molar-refractivity contribution >= 4 is 11.8 Å². The molecule has 176 valence electrons. The molecule has 1 aromatic heterocycles. The normalized spacial score (nSPS) is 20.7. The van der Waals surface area contributed by atoms with Crippen LogP contribution in [0.2, 0.25) is 0 Å². The van der Waals surface area contributed by atoms with Crippen LogP contribution in [0.5, 0.6) is 0 Å². The first kappa shape index (κ1) is 21.5. The zero-order chi connectivity index (χ0) is 23.6. The Morgan fingerprint density at radius 3 is 2.49 bits per heavy atom. The first-order valence-electron chi connectivity index (χ1n) is 12.2. The zero-order valence-electron chi connectivity index (χ0n) is 19.5. The molecule has 0 aliphatic carbocycles. The Morgan fingerprint density at radius 2 is 1.71 bits per heavy atom. The van der Waals surface area contributed by atoms with Gasteiger partial charge in [-0.1, -0.05) is 78.9 Å². The second-order valence-corrected chi connectivity index (χ2v) is 9.25. The van der Waals surface area contributed by atoms with E-state index in [4.69, 9.17) is 9.15 Å². The highest BCUT2D eigenvalue weighted by atomic mass is 16.5. The van der Waals surface area contributed by atoms with E-state index in [1.165, 1.54) is 16.8 Å². The first-order valence-corrected chi connectivity index (χ1v) is 12.2. The number of carbonyl (C=O) groups is 1. The molecule has 4 aromatic rings. The van der Waals surface area contributed by atoms with E-state index in [2.05, 4.69) is 58.7 Å². The van der Waals surface area contributed by atoms with Gasteiger partial charge in [0.2, 0.25) is 0 Å². The standard InChI is InChI=1S/C30H28N2O3/c33-30(35-20-21-9-3-1-4-10-21)31-25-19-27(28-15-8-18-34-28)32-26(22-11-5-2-6-12-22)17-16-23-13-7-14-24(25)29(23)32/h1-15,18,25-27H,16-17,19-20H2,(H,31,33)/t25-,26+,27-/m0/s1. The number of nitrogens with zero attached hydrogens (tertiary/aromatic N) is 1. The van der Waals surface area contributed by atoms with Gasteiger partial charge in [0.25, 0.3) is 0 Å². The zero-order valence-corrected chi connectivity index (χ0v) is 19.5. The van der Waals surface area contributed by atoms with E-state index in [-0.39, 0.29) is 24.7 Å². The number of carbonyl (C=O) groups excluding carboxylic acids is 1. The Hall–Kier alpha value is -3.99. The molecule has 2 aliphatic rings. The molecule has 3 atom stereocenters. The highest BCUT2D eigenvalue weighted by Gasteiger charge is 2.42. The minimum Gasteiger partial charge on any atom is -0.467 e. The molecule has 0 unspecified atom stereocenters. The van der Waals surface area contributed by atoms with E-state index in [0.717, 1.165) is 29.7 Å². The molecule has 0 bridgehead atoms. The maximum atomic E-state index is 12.9. The number of furan rings is 1. The number of rotatable bonds is 5. The number of alkyl carbamates (subject to hydrolysis) is 1. The fourth-order valence-corrected chi connectivity index (χ4v) is 5.61. The molecule has 0 fully saturated rings. The quantitative estimate of drug-likeness (QED) is 0.350. The number of nitrogens with one attached hydrogen (secondary N) is 1. The van der Waals surface area contributed by atoms with Crippen LogP contribution < -0.4 is 10.2 Å². The highest BCUT2D eigenvalue weighted by Crippen LogP contribution is 2.52. The molecule has 2 aliphatic heterocycles. The van der Waals surface area contributed by atoms with Crippen LogP contribution >= 0.6 is 0 Å². The van der Waals surface area contributed by atoms with Crippen LogP contribution in [0.1, 0.15) is 59.0 Å². The Bertz CT molecular complexity index is 1290. The van der Waals surface area contributed by atoms with Crippen molar-refractivity contribution in [1.82, 2.24) is 5.32 Å². The number of amides is 1. The summed E-state index contributed by atoms with van der Waals surface area (Å²) >= 11 is 0. The number of ether oxygens (including phenoxy) is 1. The molecular formula is C30H28N2O3. The fourth-order valence-electron chi connectivity index (χ4n) is 5.61. The van der Waals surface area contributed by atoms with Crippen molar-refractivity contribution in [2.45, 2.75) is 44.0 Å². The van der Waals surface area contributed by atoms with Gasteiger partial charge in [0.05, 0.1) is 24.4 Å². The lowest BCUT2D eigenvalue weighted by molar-refractivity contribution is 0.133. The van der Waals surface area contributed by atoms with E-state index >= 15 is 0 Å². The predicted molar refractivity (Wildman–Crippen MR) is 135 cm³/mol. The minimum absolute atomic E-state index is 0.00331. The van der Waals surface area contributed by atoms with Crippen molar-refractivity contribution in [2.24, 2.45) is 0 Å². The highest BCUT2D eigenvalue weighted by molar-refractivity contribution is 5.72. The van der Waals surface area contributed by atoms with Gasteiger partial charge in [0, 0.05) is 5.69 Å². The van der Waals surface area contributed by atoms with Crippen LogP contribution in [-0.4, -0.2) is 6.09 Å². The topological polar surface area (TPSA) is 54.7 Å². The van der Waals surface area contributed by atoms with Gasteiger partial charge in [0.15, 0.2) is 0 Å². The third-order valence-corrected chi connectivity index (χ3v) is 7.16. The number of aryl methyl sites for hydroxylation is 1. The molecule has 0 saturated heterocycles. The predicted octanol–water partition coefficient (Wildman–Crippen LogP) is 6.89. The van der Waals surface area contributed by atoms with Crippen LogP contribution in [-0.2, 0) is 17.8 Å². The van der Waals surface area contributed by atoms with Gasteiger partial charge in [-0.2, -0.15) is 0 Å². The summed E-state index contributed by atoms with van der Waals surface area (Å²) in [7, 11) is 0. The second kappa shape index (κ2) is 9.34. The summed E-state index contributed by atoms with van der Waals surface area (Å²) in [6, 6.07) is 31.0. The fraction of sp³-hybridized carbons (Fsp3) is 0.233. The van der Waals surface area contributed by atoms with Crippen LogP contribution in [0.4, 0.5) is 10.5 Å². The summed E-state index contributed by atoms with van der Waals surface area (Å²) in [5, 5.41) is 3.16. The van der Waals surface area contributed by atoms with Crippen LogP contribution in [0.15, 0.2) is 102 Å². The number of para-hydroxylation sites is 1. The molecule has 6 rings (SSSR count). The maximum absolute atomic E-state index is 12.9. The van der Waals surface area contributed by atoms with Gasteiger partial charge in [-0.25, -0.2) is 4.79 Å². The number of anilines is 1. The second-order valence-electron chi connectivity index (χ2n) is 9.25. The van der Waals surface area contributed by atoms with Gasteiger partial charge < -0.3 is 19.4 Å². The van der Waals surface area contributed by atoms with Gasteiger partial charge in [0.1, 0.15) is 12.4 Å². The Morgan fingerprint density at radius 1 is 0.914 bits per heavy atom. The Balaban J connectivity index is 1.34. The van der Waals surface area contributed by atoms with Crippen molar-refractivity contribution in [1.29, 1.82) is 0 Å². The van der Waals surface area contributed by atoms with Crippen molar-refractivity contribution in [2.75, 3.05) is 4.90 Å². The molecular weight excluding hydrogens is 436 g/mol. The first-order chi connectivity index (χ1) is 17.3. The van der Waals surface area contributed by atoms with Crippen LogP contribution in [0, 0.1) is 0 Å². The van der Waals surface area contributed by atoms with Crippen LogP contribution in [0.3, 0.4) is 0 Å². The molecule has 35 heavy (non-hydrogen) atoms. The lowest BCUT2D eigenvalue weighted by atomic mass is 9.80. The lowest BCUT2D eigenvalue weighted by Gasteiger charge is -2.49. The molecule has 0 saturated carbocycles. The van der Waals surface area contributed by atoms with Gasteiger partial charge >= 0.3 is 6.09 Å². The molecule has 5 nitrogen and oxygen atoms in total. The SMILES string of the molecule is O=C(N[C@H]1C[C@@H](c2ccco2)N2c3c(cccc31)CC[C@@H]2c1ccccc1)OCc1ccccc1. The lowest BCUT2D eigenvalue weighted by Crippen LogP contribution is -2.44. The van der Waals surface area contributed by atoms with Crippen molar-refractivity contribution in [3.05, 3.63) is 125 Å². The van der Waals surface area contributed by atoms with E-state index in [1.807, 2.05) is 42.5 Å². The Kier molecular flexibility index (Phi) is 5.75. The average Bonchev–Trinajstić information content (AvgIpc) is 3.45. The molecule has 0 radical (unpaired) electrons. The summed E-state index contributed by atoms with van der Waals surface area (Å²) in [5.74, 6) is 0.915. The molecule has 0 spiro atoms. The summed E-state index contributed by atoms with van der Waals surface area (Å²) < 4.78 is 11.5. The summed E-state index contributed by atoms with van der Waals surface area (Å²) in [6.07, 6.45) is 4.06. The van der Waals surface area contributed by atoms with E-state index in [9.17, 15) is 4.79 Å². The molecule has 5 heteroatoms. The third kappa shape index (κ3) is 4.18. The molecule has 1 amide bonds. The van der Waals surface area contributed by atoms with E-state index < -0.39 is 6.09 Å². The van der Waals surface area contributed by atoms with Crippen molar-refractivity contribution < 1.29 is 13.9 Å². The average molecular weight is 465 g/mol. The van der Waals surface area contributed by atoms with E-state index in [1.54, 1.807) is 6.26 Å². The molecule has 3 heterocycles. The van der Waals surface area contributed by atoms with Crippen molar-refractivity contribution in [3.63, 3.8) is 0 Å². The largest absolute Gasteiger partial charge is 0.467 e. The summed E-state index contributed by atoms with van der Waals surface area (Å²) in [5.41, 5.74) is 5.94. The van der Waals surface area contributed by atoms with Gasteiger partial charge in [-0.15, -0.1) is 0 Å². The number of hydrogen-bond donors (Lipinski definition) is 1. The molecule has 3 aromatic carbocycles. The van der Waals surface area contributed by atoms with E-state index in [0.29, 0.717) is 6.42 Å². The Labute approximate surface area is 205 Å². The smallest absolute Gasteiger partial charge is 0.407 e. The van der Waals surface area contributed by atoms with Crippen molar-refractivity contribution in [3.8, 4) is 0 Å². The summed E-state index contributed by atoms with van der Waals surface area (Å²) in [6.45, 7) is 0.246. The summed E-state index contributed by atoms with van der Waals surface area (Å²) in [4.78, 5) is 15.4.